The van der Waals surface area contributed by atoms with Gasteiger partial charge in [0.15, 0.2) is 35.4 Å². The van der Waals surface area contributed by atoms with Crippen molar-refractivity contribution in [3.8, 4) is 0 Å². The van der Waals surface area contributed by atoms with E-state index in [0.29, 0.717) is 11.1 Å². The number of aliphatic imine (C=N–C) groups is 4. The Kier molecular flexibility index (Phi) is 31.9. The minimum absolute atomic E-state index is 0.00292. The summed E-state index contributed by atoms with van der Waals surface area (Å²) >= 11 is 0. The number of fused-ring (bicyclic) bond motifs is 1. The zero-order chi connectivity index (χ0) is 65.1. The number of rotatable bonds is 31. The van der Waals surface area contributed by atoms with Crippen molar-refractivity contribution in [3.05, 3.63) is 83.9 Å². The van der Waals surface area contributed by atoms with E-state index in [4.69, 9.17) is 55.3 Å². The van der Waals surface area contributed by atoms with Crippen LogP contribution in [0.15, 0.2) is 92.8 Å². The Hall–Kier alpha value is -9.45. The number of ketones is 2. The number of benzene rings is 3. The Balaban J connectivity index is 1.90. The zero-order valence-electron chi connectivity index (χ0n) is 50.4. The third-order valence-electron chi connectivity index (χ3n) is 14.0. The normalized spacial score (nSPS) is 19.7. The fourth-order valence-electron chi connectivity index (χ4n) is 9.46. The van der Waals surface area contributed by atoms with Crippen molar-refractivity contribution in [1.82, 2.24) is 37.2 Å². The van der Waals surface area contributed by atoms with E-state index in [-0.39, 0.29) is 166 Å². The van der Waals surface area contributed by atoms with Crippen LogP contribution in [-0.4, -0.2) is 172 Å². The molecule has 1 fully saturated rings. The largest absolute Gasteiger partial charge is 0.377 e. The van der Waals surface area contributed by atoms with Gasteiger partial charge in [-0.1, -0.05) is 72.8 Å². The van der Waals surface area contributed by atoms with Crippen LogP contribution >= 0.6 is 0 Å². The van der Waals surface area contributed by atoms with E-state index < -0.39 is 95.7 Å². The number of amides is 7. The van der Waals surface area contributed by atoms with Gasteiger partial charge in [-0.25, -0.2) is 0 Å². The molecule has 486 valence electrons. The lowest BCUT2D eigenvalue weighted by Crippen LogP contribution is -2.59. The molecule has 1 saturated heterocycles. The molecule has 0 unspecified atom stereocenters. The summed E-state index contributed by atoms with van der Waals surface area (Å²) in [5, 5.41) is 21.1. The van der Waals surface area contributed by atoms with Crippen LogP contribution < -0.4 is 83.1 Å². The lowest BCUT2D eigenvalue weighted by atomic mass is 9.90. The fourth-order valence-corrected chi connectivity index (χ4v) is 9.46. The number of nitrogens with zero attached hydrogens (tertiary/aromatic N) is 4. The molecule has 0 bridgehead atoms. The molecular formula is C59H89N19O11. The highest BCUT2D eigenvalue weighted by molar-refractivity contribution is 5.99. The second kappa shape index (κ2) is 39.4. The monoisotopic (exact) mass is 1240 g/mol. The first-order valence-corrected chi connectivity index (χ1v) is 29.6. The summed E-state index contributed by atoms with van der Waals surface area (Å²) < 4.78 is 10.7. The second-order valence-corrected chi connectivity index (χ2v) is 21.4. The maximum Gasteiger partial charge on any atom is 0.243 e. The van der Waals surface area contributed by atoms with E-state index in [2.05, 4.69) is 57.2 Å². The number of nitrogens with one attached hydrogen (secondary N) is 7. The van der Waals surface area contributed by atoms with Crippen molar-refractivity contribution in [2.45, 2.75) is 127 Å². The first-order chi connectivity index (χ1) is 42.6. The lowest BCUT2D eigenvalue weighted by Gasteiger charge is -2.27. The molecule has 89 heavy (non-hydrogen) atoms. The van der Waals surface area contributed by atoms with Crippen molar-refractivity contribution >= 4 is 87.5 Å². The van der Waals surface area contributed by atoms with Gasteiger partial charge < -0.3 is 92.6 Å². The van der Waals surface area contributed by atoms with Crippen LogP contribution in [0.4, 0.5) is 0 Å². The molecule has 3 aromatic carbocycles. The summed E-state index contributed by atoms with van der Waals surface area (Å²) in [6.45, 7) is 1.82. The maximum atomic E-state index is 15.1. The number of hydrogen-bond donors (Lipinski definition) is 15. The van der Waals surface area contributed by atoms with E-state index in [1.165, 1.54) is 6.92 Å². The topological polar surface area (TPSA) is 514 Å². The molecule has 3 aromatic rings. The van der Waals surface area contributed by atoms with Gasteiger partial charge in [-0.2, -0.15) is 0 Å². The molecule has 1 heterocycles. The summed E-state index contributed by atoms with van der Waals surface area (Å²) in [7, 11) is 0. The first-order valence-electron chi connectivity index (χ1n) is 29.6. The Morgan fingerprint density at radius 2 is 0.899 bits per heavy atom. The average Bonchev–Trinajstić information content (AvgIpc) is 3.65. The highest BCUT2D eigenvalue weighted by Crippen LogP contribution is 2.21. The van der Waals surface area contributed by atoms with Gasteiger partial charge in [-0.05, 0) is 93.0 Å². The molecule has 7 amide bonds. The molecule has 0 saturated carbocycles. The minimum atomic E-state index is -1.57. The Bertz CT molecular complexity index is 2950. The molecule has 0 spiro atoms. The summed E-state index contributed by atoms with van der Waals surface area (Å²) in [5.41, 5.74) is 46.2. The van der Waals surface area contributed by atoms with Crippen molar-refractivity contribution < 1.29 is 52.6 Å². The van der Waals surface area contributed by atoms with Gasteiger partial charge in [0.05, 0.1) is 25.9 Å². The van der Waals surface area contributed by atoms with E-state index in [0.717, 1.165) is 10.8 Å². The number of Topliss-reactive ketones (excluding diaryl/α,β-unsaturated/α-hetero) is 2. The third-order valence-corrected chi connectivity index (χ3v) is 14.0. The molecule has 1 aliphatic rings. The van der Waals surface area contributed by atoms with Gasteiger partial charge in [-0.15, -0.1) is 0 Å². The molecule has 0 radical (unpaired) electrons. The molecule has 7 atom stereocenters. The Morgan fingerprint density at radius 3 is 1.42 bits per heavy atom. The molecule has 0 aliphatic carbocycles. The predicted molar refractivity (Wildman–Crippen MR) is 337 cm³/mol. The number of carbonyl (C=O) groups excluding carboxylic acids is 9. The van der Waals surface area contributed by atoms with Gasteiger partial charge in [0.25, 0.3) is 0 Å². The van der Waals surface area contributed by atoms with E-state index in [1.807, 2.05) is 42.5 Å². The highest BCUT2D eigenvalue weighted by Gasteiger charge is 2.36. The second-order valence-electron chi connectivity index (χ2n) is 21.4. The van der Waals surface area contributed by atoms with Crippen LogP contribution in [0.2, 0.25) is 0 Å². The lowest BCUT2D eigenvalue weighted by molar-refractivity contribution is -0.136. The van der Waals surface area contributed by atoms with Gasteiger partial charge in [-0.3, -0.25) is 63.1 Å². The van der Waals surface area contributed by atoms with E-state index >= 15 is 9.59 Å². The first kappa shape index (κ1) is 72.0. The minimum Gasteiger partial charge on any atom is -0.377 e. The highest BCUT2D eigenvalue weighted by atomic mass is 16.5. The van der Waals surface area contributed by atoms with Crippen LogP contribution in [0.1, 0.15) is 88.7 Å². The molecule has 4 rings (SSSR count). The summed E-state index contributed by atoms with van der Waals surface area (Å²) in [4.78, 5) is 145. The molecule has 30 heteroatoms. The maximum absolute atomic E-state index is 15.1. The summed E-state index contributed by atoms with van der Waals surface area (Å²) in [6.07, 6.45) is -1.20. The predicted octanol–water partition coefficient (Wildman–Crippen LogP) is -3.14. The average molecular weight is 1240 g/mol. The summed E-state index contributed by atoms with van der Waals surface area (Å²) in [5.74, 6) is -8.49. The third kappa shape index (κ3) is 28.7. The molecule has 30 nitrogen and oxygen atoms in total. The summed E-state index contributed by atoms with van der Waals surface area (Å²) in [6, 6.07) is 13.1. The number of hydrogen-bond acceptors (Lipinski definition) is 15. The van der Waals surface area contributed by atoms with E-state index in [1.54, 1.807) is 30.3 Å². The quantitative estimate of drug-likeness (QED) is 0.0172. The molecule has 1 aliphatic heterocycles. The fraction of sp³-hybridized carbons (Fsp3) is 0.508. The van der Waals surface area contributed by atoms with E-state index in [9.17, 15) is 33.6 Å². The molecule has 23 N–H and O–H groups in total. The Morgan fingerprint density at radius 1 is 0.472 bits per heavy atom. The number of nitrogens with two attached hydrogens (primary N) is 8. The number of guanidine groups is 4. The SMILES string of the molecule is CC(=O)COCCOCCNC(=O)CC[C@@H]1NC(=O)[C@@H](CCCN=C(N)N)NC(=O)[C@H](CCCN=C(N)N)NC(=O)[C@@H](CCCN=C(N)N)NC(=O)[C@H](CCCN=C(N)N)CC(=O)[C@H](Cc2ccc3ccccc3c2)NC(=O)[C@@H](Cc2ccccc2)NC1=O. The smallest absolute Gasteiger partial charge is 0.243 e. The van der Waals surface area contributed by atoms with Crippen LogP contribution in [0.25, 0.3) is 10.8 Å². The standard InChI is InChI=1S/C59H89N19O11/c1-36(79)35-89-30-29-88-28-27-68-49(81)22-21-45-54(86)78-47(32-37-11-3-2-4-12-37)55(87)77-46(33-38-19-20-39-13-5-6-14-40(39)31-38)48(80)34-41(15-7-23-69-56(60)61)50(82)73-42(16-8-24-70-57(62)63)51(83)74-43(17-9-25-71-58(64)65)52(84)75-44(53(85)76-45)18-10-26-72-59(66)67/h2-6,11-14,19-20,31,41-47H,7-10,15-18,21-30,32-35H2,1H3,(H,68,81)(H,73,82)(H,74,83)(H,75,84)(H,76,85)(H,77,87)(H,78,86)(H4,60,61,69)(H4,62,63,70)(H4,64,65,71)(H4,66,67,72)/t41-,42-,43+,44-,45+,46+,47-/m1/s1. The van der Waals surface area contributed by atoms with Crippen molar-refractivity contribution in [1.29, 1.82) is 0 Å². The Labute approximate surface area is 517 Å². The van der Waals surface area contributed by atoms with Crippen LogP contribution in [0.3, 0.4) is 0 Å². The van der Waals surface area contributed by atoms with Crippen molar-refractivity contribution in [2.75, 3.05) is 59.2 Å². The molecular weight excluding hydrogens is 1150 g/mol. The molecule has 0 aromatic heterocycles. The van der Waals surface area contributed by atoms with Crippen LogP contribution in [-0.2, 0) is 65.5 Å². The number of ether oxygens (including phenoxy) is 2. The zero-order valence-corrected chi connectivity index (χ0v) is 50.4. The van der Waals surface area contributed by atoms with Crippen molar-refractivity contribution in [3.63, 3.8) is 0 Å². The van der Waals surface area contributed by atoms with Gasteiger partial charge in [0, 0.05) is 57.9 Å². The van der Waals surface area contributed by atoms with Crippen LogP contribution in [0, 0.1) is 5.92 Å². The van der Waals surface area contributed by atoms with Crippen LogP contribution in [0.5, 0.6) is 0 Å². The van der Waals surface area contributed by atoms with Gasteiger partial charge in [0.1, 0.15) is 36.8 Å². The van der Waals surface area contributed by atoms with Gasteiger partial charge in [0.2, 0.25) is 41.4 Å². The van der Waals surface area contributed by atoms with Gasteiger partial charge >= 0.3 is 0 Å². The number of carbonyl (C=O) groups is 9. The van der Waals surface area contributed by atoms with Crippen molar-refractivity contribution in [2.24, 2.45) is 71.8 Å².